The highest BCUT2D eigenvalue weighted by atomic mass is 32.2. The second-order valence-electron chi connectivity index (χ2n) is 4.05. The van der Waals surface area contributed by atoms with Crippen molar-refractivity contribution in [2.45, 2.75) is 11.4 Å². The van der Waals surface area contributed by atoms with Crippen molar-refractivity contribution in [2.75, 3.05) is 0 Å². The van der Waals surface area contributed by atoms with Gasteiger partial charge in [-0.2, -0.15) is 5.26 Å². The lowest BCUT2D eigenvalue weighted by Gasteiger charge is -2.07. The zero-order valence-electron chi connectivity index (χ0n) is 10.5. The Morgan fingerprint density at radius 2 is 2.00 bits per heavy atom. The Labute approximate surface area is 119 Å². The lowest BCUT2D eigenvalue weighted by Crippen LogP contribution is -2.24. The van der Waals surface area contributed by atoms with Crippen molar-refractivity contribution in [2.24, 2.45) is 0 Å². The summed E-state index contributed by atoms with van der Waals surface area (Å²) in [6.07, 6.45) is 1.02. The van der Waals surface area contributed by atoms with E-state index in [4.69, 9.17) is 5.26 Å². The van der Waals surface area contributed by atoms with Crippen LogP contribution in [0.25, 0.3) is 0 Å². The molecule has 0 fully saturated rings. The number of sulfonamides is 1. The number of halogens is 2. The molecular formula is C13H9F2N3O2S. The summed E-state index contributed by atoms with van der Waals surface area (Å²) < 4.78 is 52.4. The van der Waals surface area contributed by atoms with Crippen LogP contribution >= 0.6 is 0 Å². The minimum absolute atomic E-state index is 0.0742. The lowest BCUT2D eigenvalue weighted by atomic mass is 10.2. The summed E-state index contributed by atoms with van der Waals surface area (Å²) >= 11 is 0. The molecule has 108 valence electrons. The molecule has 0 atom stereocenters. The Balaban J connectivity index is 2.17. The highest BCUT2D eigenvalue weighted by molar-refractivity contribution is 7.89. The molecule has 2 aromatic rings. The third-order valence-electron chi connectivity index (χ3n) is 2.62. The van der Waals surface area contributed by atoms with E-state index in [-0.39, 0.29) is 16.2 Å². The number of benzene rings is 1. The van der Waals surface area contributed by atoms with Crippen LogP contribution in [0.2, 0.25) is 0 Å². The highest BCUT2D eigenvalue weighted by Crippen LogP contribution is 2.12. The lowest BCUT2D eigenvalue weighted by molar-refractivity contribution is 0.566. The summed E-state index contributed by atoms with van der Waals surface area (Å²) in [5, 5.41) is 8.59. The molecule has 1 N–H and O–H groups in total. The van der Waals surface area contributed by atoms with Crippen molar-refractivity contribution in [3.63, 3.8) is 0 Å². The maximum atomic E-state index is 13.4. The van der Waals surface area contributed by atoms with Gasteiger partial charge in [0, 0.05) is 18.3 Å². The fourth-order valence-corrected chi connectivity index (χ4v) is 2.49. The molecule has 0 aliphatic heterocycles. The predicted molar refractivity (Wildman–Crippen MR) is 69.3 cm³/mol. The number of nitrogens with one attached hydrogen (secondary N) is 1. The largest absolute Gasteiger partial charge is 0.244 e. The first-order valence-corrected chi connectivity index (χ1v) is 7.20. The van der Waals surface area contributed by atoms with Crippen LogP contribution in [0.5, 0.6) is 0 Å². The average molecular weight is 309 g/mol. The molecule has 1 heterocycles. The first-order chi connectivity index (χ1) is 9.92. The summed E-state index contributed by atoms with van der Waals surface area (Å²) in [6.45, 7) is -0.397. The SMILES string of the molecule is N#Cc1ccc(S(=O)(=O)NCc2cc(F)ccc2F)cn1. The van der Waals surface area contributed by atoms with Crippen molar-refractivity contribution in [3.8, 4) is 6.07 Å². The van der Waals surface area contributed by atoms with E-state index in [0.29, 0.717) is 0 Å². The number of aromatic nitrogens is 1. The Kier molecular flexibility index (Phi) is 4.26. The molecule has 8 heteroatoms. The molecule has 1 aromatic heterocycles. The van der Waals surface area contributed by atoms with Gasteiger partial charge in [0.1, 0.15) is 28.3 Å². The van der Waals surface area contributed by atoms with Gasteiger partial charge in [0.15, 0.2) is 0 Å². The van der Waals surface area contributed by atoms with Crippen LogP contribution in [0.15, 0.2) is 41.4 Å². The molecule has 0 saturated carbocycles. The van der Waals surface area contributed by atoms with Gasteiger partial charge < -0.3 is 0 Å². The molecule has 0 radical (unpaired) electrons. The van der Waals surface area contributed by atoms with Crippen LogP contribution < -0.4 is 4.72 Å². The molecule has 0 aliphatic carbocycles. The summed E-state index contributed by atoms with van der Waals surface area (Å²) in [7, 11) is -3.92. The van der Waals surface area contributed by atoms with Gasteiger partial charge in [-0.05, 0) is 30.3 Å². The second-order valence-corrected chi connectivity index (χ2v) is 5.82. The third-order valence-corrected chi connectivity index (χ3v) is 4.01. The monoisotopic (exact) mass is 309 g/mol. The zero-order chi connectivity index (χ0) is 15.5. The van der Waals surface area contributed by atoms with Crippen molar-refractivity contribution >= 4 is 10.0 Å². The first-order valence-electron chi connectivity index (χ1n) is 5.72. The Morgan fingerprint density at radius 3 is 2.62 bits per heavy atom. The van der Waals surface area contributed by atoms with Gasteiger partial charge in [-0.15, -0.1) is 0 Å². The van der Waals surface area contributed by atoms with Crippen LogP contribution in [0.3, 0.4) is 0 Å². The molecule has 0 amide bonds. The molecule has 5 nitrogen and oxygen atoms in total. The van der Waals surface area contributed by atoms with Gasteiger partial charge in [0.2, 0.25) is 10.0 Å². The molecule has 0 unspecified atom stereocenters. The summed E-state index contributed by atoms with van der Waals surface area (Å²) in [4.78, 5) is 3.47. The molecule has 0 aliphatic rings. The average Bonchev–Trinajstić information content (AvgIpc) is 2.48. The molecule has 1 aromatic carbocycles. The van der Waals surface area contributed by atoms with E-state index in [1.807, 2.05) is 0 Å². The molecule has 21 heavy (non-hydrogen) atoms. The molecular weight excluding hydrogens is 300 g/mol. The Hall–Kier alpha value is -2.37. The number of nitriles is 1. The van der Waals surface area contributed by atoms with Crippen LogP contribution in [0.1, 0.15) is 11.3 Å². The number of hydrogen-bond donors (Lipinski definition) is 1. The third kappa shape index (κ3) is 3.59. The van der Waals surface area contributed by atoms with E-state index >= 15 is 0 Å². The predicted octanol–water partition coefficient (Wildman–Crippen LogP) is 1.71. The number of nitrogens with zero attached hydrogens (tertiary/aromatic N) is 2. The van der Waals surface area contributed by atoms with E-state index < -0.39 is 28.2 Å². The van der Waals surface area contributed by atoms with Crippen molar-refractivity contribution in [1.29, 1.82) is 5.26 Å². The fourth-order valence-electron chi connectivity index (χ4n) is 1.54. The molecule has 2 rings (SSSR count). The van der Waals surface area contributed by atoms with E-state index in [2.05, 4.69) is 9.71 Å². The minimum atomic E-state index is -3.92. The topological polar surface area (TPSA) is 82.8 Å². The highest BCUT2D eigenvalue weighted by Gasteiger charge is 2.15. The van der Waals surface area contributed by atoms with Crippen molar-refractivity contribution < 1.29 is 17.2 Å². The summed E-state index contributed by atoms with van der Waals surface area (Å²) in [5.41, 5.74) is -0.0368. The normalized spacial score (nSPS) is 11.1. The summed E-state index contributed by atoms with van der Waals surface area (Å²) in [5.74, 6) is -1.37. The Bertz CT molecular complexity index is 799. The molecule has 0 saturated heterocycles. The van der Waals surface area contributed by atoms with E-state index in [0.717, 1.165) is 24.4 Å². The minimum Gasteiger partial charge on any atom is -0.244 e. The summed E-state index contributed by atoms with van der Waals surface area (Å²) in [6, 6.07) is 6.98. The first kappa shape index (κ1) is 15.0. The molecule has 0 spiro atoms. The van der Waals surface area contributed by atoms with E-state index in [1.54, 1.807) is 6.07 Å². The van der Waals surface area contributed by atoms with Gasteiger partial charge in [-0.1, -0.05) is 0 Å². The van der Waals surface area contributed by atoms with Crippen LogP contribution in [-0.4, -0.2) is 13.4 Å². The number of rotatable bonds is 4. The van der Waals surface area contributed by atoms with Gasteiger partial charge in [-0.25, -0.2) is 26.9 Å². The van der Waals surface area contributed by atoms with Gasteiger partial charge in [-0.3, -0.25) is 0 Å². The van der Waals surface area contributed by atoms with Crippen LogP contribution in [0, 0.1) is 23.0 Å². The fraction of sp³-hybridized carbons (Fsp3) is 0.0769. The van der Waals surface area contributed by atoms with E-state index in [1.165, 1.54) is 12.1 Å². The van der Waals surface area contributed by atoms with Crippen LogP contribution in [-0.2, 0) is 16.6 Å². The number of pyridine rings is 1. The van der Waals surface area contributed by atoms with Crippen LogP contribution in [0.4, 0.5) is 8.78 Å². The van der Waals surface area contributed by atoms with Gasteiger partial charge in [0.05, 0.1) is 0 Å². The maximum Gasteiger partial charge on any atom is 0.242 e. The standard InChI is InChI=1S/C13H9F2N3O2S/c14-10-1-4-13(15)9(5-10)7-18-21(19,20)12-3-2-11(6-16)17-8-12/h1-5,8,18H,7H2. The Morgan fingerprint density at radius 1 is 1.24 bits per heavy atom. The second kappa shape index (κ2) is 5.95. The smallest absolute Gasteiger partial charge is 0.242 e. The van der Waals surface area contributed by atoms with Gasteiger partial charge in [0.25, 0.3) is 0 Å². The quantitative estimate of drug-likeness (QED) is 0.932. The zero-order valence-corrected chi connectivity index (χ0v) is 11.4. The van der Waals surface area contributed by atoms with Crippen molar-refractivity contribution in [1.82, 2.24) is 9.71 Å². The van der Waals surface area contributed by atoms with Gasteiger partial charge >= 0.3 is 0 Å². The number of hydrogen-bond acceptors (Lipinski definition) is 4. The maximum absolute atomic E-state index is 13.4. The van der Waals surface area contributed by atoms with Crippen molar-refractivity contribution in [3.05, 3.63) is 59.4 Å². The molecule has 0 bridgehead atoms. The van der Waals surface area contributed by atoms with E-state index in [9.17, 15) is 17.2 Å².